The van der Waals surface area contributed by atoms with Crippen LogP contribution in [0.4, 0.5) is 11.4 Å². The lowest BCUT2D eigenvalue weighted by Crippen LogP contribution is -2.34. The summed E-state index contributed by atoms with van der Waals surface area (Å²) in [6, 6.07) is 14.7. The Morgan fingerprint density at radius 2 is 1.57 bits per heavy atom. The number of aliphatic imine (C=N–C) groups is 1. The standard InChI is InChI=1S/C17H18N2O2/c1-19(2,3)16-10-4-13(5-11-16)12-18-15-8-6-14(7-9-15)17(20)21/h4-12H,1-3H3/p+1. The van der Waals surface area contributed by atoms with E-state index in [9.17, 15) is 4.79 Å². The van der Waals surface area contributed by atoms with Crippen LogP contribution in [0.1, 0.15) is 15.9 Å². The van der Waals surface area contributed by atoms with E-state index in [0.29, 0.717) is 0 Å². The van der Waals surface area contributed by atoms with E-state index < -0.39 is 5.97 Å². The van der Waals surface area contributed by atoms with Gasteiger partial charge in [-0.15, -0.1) is 0 Å². The molecule has 0 spiro atoms. The first-order valence-corrected chi connectivity index (χ1v) is 6.66. The molecule has 0 bridgehead atoms. The molecule has 0 aliphatic rings. The Bertz CT molecular complexity index is 651. The predicted molar refractivity (Wildman–Crippen MR) is 86.7 cm³/mol. The van der Waals surface area contributed by atoms with Crippen molar-refractivity contribution in [2.45, 2.75) is 0 Å². The van der Waals surface area contributed by atoms with Gasteiger partial charge in [-0.3, -0.25) is 9.48 Å². The Hall–Kier alpha value is -2.46. The van der Waals surface area contributed by atoms with Gasteiger partial charge >= 0.3 is 5.97 Å². The van der Waals surface area contributed by atoms with Crippen LogP contribution >= 0.6 is 0 Å². The van der Waals surface area contributed by atoms with E-state index in [-0.39, 0.29) is 5.56 Å². The van der Waals surface area contributed by atoms with Crippen molar-refractivity contribution >= 4 is 23.6 Å². The summed E-state index contributed by atoms with van der Waals surface area (Å²) in [6.45, 7) is 0. The van der Waals surface area contributed by atoms with E-state index in [1.54, 1.807) is 30.5 Å². The minimum Gasteiger partial charge on any atom is -0.478 e. The molecule has 0 saturated heterocycles. The predicted octanol–water partition coefficient (Wildman–Crippen LogP) is 3.33. The Labute approximate surface area is 124 Å². The quantitative estimate of drug-likeness (QED) is 0.691. The van der Waals surface area contributed by atoms with E-state index in [4.69, 9.17) is 5.11 Å². The molecule has 0 unspecified atom stereocenters. The van der Waals surface area contributed by atoms with Gasteiger partial charge in [-0.05, 0) is 54.1 Å². The maximum atomic E-state index is 10.8. The maximum absolute atomic E-state index is 10.8. The van der Waals surface area contributed by atoms with Crippen molar-refractivity contribution in [3.63, 3.8) is 0 Å². The molecule has 0 saturated carbocycles. The molecule has 0 aromatic heterocycles. The second-order valence-corrected chi connectivity index (χ2v) is 5.71. The summed E-state index contributed by atoms with van der Waals surface area (Å²) in [5, 5.41) is 8.84. The van der Waals surface area contributed by atoms with Gasteiger partial charge in [0.05, 0.1) is 32.4 Å². The molecule has 0 amide bonds. The van der Waals surface area contributed by atoms with Gasteiger partial charge in [0, 0.05) is 6.21 Å². The van der Waals surface area contributed by atoms with Crippen LogP contribution in [-0.4, -0.2) is 38.4 Å². The molecule has 0 fully saturated rings. The van der Waals surface area contributed by atoms with Crippen LogP contribution in [-0.2, 0) is 0 Å². The molecule has 0 aliphatic heterocycles. The number of hydrogen-bond acceptors (Lipinski definition) is 2. The zero-order valence-electron chi connectivity index (χ0n) is 12.4. The van der Waals surface area contributed by atoms with E-state index in [2.05, 4.69) is 38.3 Å². The molecule has 0 aliphatic carbocycles. The summed E-state index contributed by atoms with van der Waals surface area (Å²) in [5.74, 6) is -0.929. The highest BCUT2D eigenvalue weighted by Gasteiger charge is 2.10. The second-order valence-electron chi connectivity index (χ2n) is 5.71. The topological polar surface area (TPSA) is 49.7 Å². The summed E-state index contributed by atoms with van der Waals surface area (Å²) in [7, 11) is 6.35. The SMILES string of the molecule is C[N+](C)(C)c1ccc(C=Nc2ccc(C(=O)O)cc2)cc1. The van der Waals surface area contributed by atoms with Gasteiger partial charge in [-0.1, -0.05) is 0 Å². The molecule has 108 valence electrons. The summed E-state index contributed by atoms with van der Waals surface area (Å²) in [6.07, 6.45) is 1.77. The number of carboxylic acid groups (broad SMARTS) is 1. The van der Waals surface area contributed by atoms with Crippen LogP contribution in [0.5, 0.6) is 0 Å². The van der Waals surface area contributed by atoms with Crippen molar-refractivity contribution in [2.75, 3.05) is 21.1 Å². The first kappa shape index (κ1) is 14.9. The summed E-state index contributed by atoms with van der Waals surface area (Å²) < 4.78 is 0.772. The van der Waals surface area contributed by atoms with Crippen molar-refractivity contribution in [3.8, 4) is 0 Å². The fourth-order valence-electron chi connectivity index (χ4n) is 1.85. The van der Waals surface area contributed by atoms with Gasteiger partial charge in [-0.25, -0.2) is 4.79 Å². The molecular formula is C17H19N2O2+. The Kier molecular flexibility index (Phi) is 4.19. The molecular weight excluding hydrogens is 264 g/mol. The van der Waals surface area contributed by atoms with E-state index in [1.807, 2.05) is 12.1 Å². The molecule has 21 heavy (non-hydrogen) atoms. The fourth-order valence-corrected chi connectivity index (χ4v) is 1.85. The lowest BCUT2D eigenvalue weighted by Gasteiger charge is -2.23. The first-order chi connectivity index (χ1) is 9.86. The van der Waals surface area contributed by atoms with Crippen molar-refractivity contribution in [3.05, 3.63) is 59.7 Å². The molecule has 4 nitrogen and oxygen atoms in total. The monoisotopic (exact) mass is 283 g/mol. The minimum atomic E-state index is -0.929. The normalized spacial score (nSPS) is 11.8. The number of carboxylic acids is 1. The molecule has 2 aromatic rings. The maximum Gasteiger partial charge on any atom is 0.335 e. The van der Waals surface area contributed by atoms with Gasteiger partial charge < -0.3 is 5.11 Å². The van der Waals surface area contributed by atoms with Crippen molar-refractivity contribution < 1.29 is 9.90 Å². The van der Waals surface area contributed by atoms with Crippen LogP contribution in [0.25, 0.3) is 0 Å². The van der Waals surface area contributed by atoms with Crippen LogP contribution in [0.3, 0.4) is 0 Å². The summed E-state index contributed by atoms with van der Waals surface area (Å²) in [5.41, 5.74) is 3.23. The summed E-state index contributed by atoms with van der Waals surface area (Å²) in [4.78, 5) is 15.1. The number of aromatic carboxylic acids is 1. The highest BCUT2D eigenvalue weighted by Crippen LogP contribution is 2.17. The Balaban J connectivity index is 2.12. The molecule has 4 heteroatoms. The van der Waals surface area contributed by atoms with Crippen LogP contribution in [0.15, 0.2) is 53.5 Å². The minimum absolute atomic E-state index is 0.265. The van der Waals surface area contributed by atoms with Crippen molar-refractivity contribution in [1.29, 1.82) is 0 Å². The van der Waals surface area contributed by atoms with Gasteiger partial charge in [0.15, 0.2) is 0 Å². The third kappa shape index (κ3) is 4.00. The third-order valence-electron chi connectivity index (χ3n) is 3.14. The number of benzene rings is 2. The zero-order chi connectivity index (χ0) is 15.5. The highest BCUT2D eigenvalue weighted by molar-refractivity contribution is 5.88. The summed E-state index contributed by atoms with van der Waals surface area (Å²) >= 11 is 0. The third-order valence-corrected chi connectivity index (χ3v) is 3.14. The Morgan fingerprint density at radius 3 is 2.05 bits per heavy atom. The molecule has 1 N–H and O–H groups in total. The number of hydrogen-bond donors (Lipinski definition) is 1. The average Bonchev–Trinajstić information content (AvgIpc) is 2.45. The number of quaternary nitrogens is 1. The van der Waals surface area contributed by atoms with E-state index in [1.165, 1.54) is 5.69 Å². The van der Waals surface area contributed by atoms with Crippen molar-refractivity contribution in [2.24, 2.45) is 4.99 Å². The smallest absolute Gasteiger partial charge is 0.335 e. The van der Waals surface area contributed by atoms with Gasteiger partial charge in [0.1, 0.15) is 5.69 Å². The van der Waals surface area contributed by atoms with E-state index in [0.717, 1.165) is 15.7 Å². The zero-order valence-corrected chi connectivity index (χ0v) is 12.4. The molecule has 0 atom stereocenters. The number of carbonyl (C=O) groups is 1. The fraction of sp³-hybridized carbons (Fsp3) is 0.176. The van der Waals surface area contributed by atoms with Crippen LogP contribution < -0.4 is 4.48 Å². The largest absolute Gasteiger partial charge is 0.478 e. The molecule has 0 heterocycles. The second kappa shape index (κ2) is 5.89. The van der Waals surface area contributed by atoms with E-state index >= 15 is 0 Å². The van der Waals surface area contributed by atoms with Gasteiger partial charge in [0.2, 0.25) is 0 Å². The first-order valence-electron chi connectivity index (χ1n) is 6.66. The molecule has 2 rings (SSSR count). The van der Waals surface area contributed by atoms with Gasteiger partial charge in [-0.2, -0.15) is 0 Å². The highest BCUT2D eigenvalue weighted by atomic mass is 16.4. The molecule has 2 aromatic carbocycles. The van der Waals surface area contributed by atoms with Crippen molar-refractivity contribution in [1.82, 2.24) is 4.48 Å². The van der Waals surface area contributed by atoms with Gasteiger partial charge in [0.25, 0.3) is 0 Å². The Morgan fingerprint density at radius 1 is 1.00 bits per heavy atom. The number of rotatable bonds is 4. The van der Waals surface area contributed by atoms with Crippen LogP contribution in [0, 0.1) is 0 Å². The number of nitrogens with zero attached hydrogens (tertiary/aromatic N) is 2. The average molecular weight is 283 g/mol. The van der Waals surface area contributed by atoms with Crippen LogP contribution in [0.2, 0.25) is 0 Å². The lowest BCUT2D eigenvalue weighted by atomic mass is 10.2. The molecule has 0 radical (unpaired) electrons. The lowest BCUT2D eigenvalue weighted by molar-refractivity contribution is 0.0697.